The molecule has 0 aromatic carbocycles. The van der Waals surface area contributed by atoms with E-state index in [0.29, 0.717) is 0 Å². The fraction of sp³-hybridized carbons (Fsp3) is 0.500. The molecule has 0 N–H and O–H groups in total. The van der Waals surface area contributed by atoms with E-state index in [1.165, 1.54) is 0 Å². The molecule has 0 saturated carbocycles. The maximum absolute atomic E-state index is 10.5. The van der Waals surface area contributed by atoms with Gasteiger partial charge >= 0.3 is 5.97 Å². The number of hydrogen-bond acceptors (Lipinski definition) is 6. The van der Waals surface area contributed by atoms with Gasteiger partial charge in [0.2, 0.25) is 0 Å². The van der Waals surface area contributed by atoms with Crippen LogP contribution in [0.2, 0.25) is 0 Å². The van der Waals surface area contributed by atoms with Crippen LogP contribution < -0.4 is 10.2 Å². The lowest BCUT2D eigenvalue weighted by molar-refractivity contribution is -0.327. The second kappa shape index (κ2) is 2.80. The molecule has 1 fully saturated rings. The van der Waals surface area contributed by atoms with Crippen LogP contribution in [0.15, 0.2) is 0 Å². The van der Waals surface area contributed by atoms with Crippen molar-refractivity contribution < 1.29 is 29.3 Å². The van der Waals surface area contributed by atoms with E-state index in [1.807, 2.05) is 0 Å². The summed E-state index contributed by atoms with van der Waals surface area (Å²) in [5, 5.41) is 20.4. The van der Waals surface area contributed by atoms with Gasteiger partial charge in [-0.1, -0.05) is 0 Å². The highest BCUT2D eigenvalue weighted by atomic mass is 16.6. The molecule has 1 rings (SSSR count). The van der Waals surface area contributed by atoms with Crippen molar-refractivity contribution in [1.29, 1.82) is 0 Å². The molecule has 1 aliphatic rings. The third kappa shape index (κ3) is 1.36. The molecule has 6 nitrogen and oxygen atoms in total. The van der Waals surface area contributed by atoms with Crippen LogP contribution >= 0.6 is 0 Å². The molecule has 6 heteroatoms. The topological polar surface area (TPSA) is 107 Å². The summed E-state index contributed by atoms with van der Waals surface area (Å²) in [5.41, 5.74) is 0. The van der Waals surface area contributed by atoms with Crippen molar-refractivity contribution in [3.05, 3.63) is 0 Å². The monoisotopic (exact) mass is 172 g/mol. The summed E-state index contributed by atoms with van der Waals surface area (Å²) in [7, 11) is 0. The van der Waals surface area contributed by atoms with E-state index in [-0.39, 0.29) is 0 Å². The van der Waals surface area contributed by atoms with E-state index in [0.717, 1.165) is 0 Å². The van der Waals surface area contributed by atoms with Crippen LogP contribution in [0.5, 0.6) is 0 Å². The van der Waals surface area contributed by atoms with Crippen molar-refractivity contribution in [2.45, 2.75) is 12.5 Å². The summed E-state index contributed by atoms with van der Waals surface area (Å²) in [4.78, 5) is 30.9. The van der Waals surface area contributed by atoms with Crippen LogP contribution in [-0.4, -0.2) is 24.0 Å². The van der Waals surface area contributed by atoms with Crippen LogP contribution in [0.3, 0.4) is 0 Å². The summed E-state index contributed by atoms with van der Waals surface area (Å²) in [6, 6.07) is 0. The minimum atomic E-state index is -1.71. The largest absolute Gasteiger partial charge is 0.550 e. The number of rotatable bonds is 2. The first-order valence-electron chi connectivity index (χ1n) is 3.13. The smallest absolute Gasteiger partial charge is 0.307 e. The Morgan fingerprint density at radius 1 is 1.33 bits per heavy atom. The number of carbonyl (C=O) groups is 3. The standard InChI is InChI=1S/C6H6O6/c7-3-1-2(5(8)9)4(12-3)6(10)11/h2,4H,1H2,(H,8,9)(H,10,11)/p-2/t2-,4-/m1/s1. The Morgan fingerprint density at radius 3 is 2.25 bits per heavy atom. The Bertz CT molecular complexity index is 220. The molecule has 66 valence electrons. The van der Waals surface area contributed by atoms with Gasteiger partial charge in [-0.25, -0.2) is 0 Å². The van der Waals surface area contributed by atoms with Gasteiger partial charge in [0.05, 0.1) is 18.3 Å². The maximum atomic E-state index is 10.5. The third-order valence-corrected chi connectivity index (χ3v) is 1.55. The average Bonchev–Trinajstić information content (AvgIpc) is 2.31. The van der Waals surface area contributed by atoms with E-state index in [9.17, 15) is 24.6 Å². The van der Waals surface area contributed by atoms with E-state index in [1.54, 1.807) is 0 Å². The van der Waals surface area contributed by atoms with Gasteiger partial charge in [0.1, 0.15) is 6.10 Å². The first-order valence-corrected chi connectivity index (χ1v) is 3.13. The second-order valence-corrected chi connectivity index (χ2v) is 2.36. The third-order valence-electron chi connectivity index (χ3n) is 1.55. The van der Waals surface area contributed by atoms with Gasteiger partial charge in [-0.3, -0.25) is 4.79 Å². The van der Waals surface area contributed by atoms with E-state index >= 15 is 0 Å². The quantitative estimate of drug-likeness (QED) is 0.398. The van der Waals surface area contributed by atoms with Crippen molar-refractivity contribution in [3.8, 4) is 0 Å². The molecule has 0 aromatic rings. The Kier molecular flexibility index (Phi) is 1.99. The molecule has 1 heterocycles. The summed E-state index contributed by atoms with van der Waals surface area (Å²) >= 11 is 0. The number of esters is 1. The van der Waals surface area contributed by atoms with E-state index in [2.05, 4.69) is 4.74 Å². The van der Waals surface area contributed by atoms with Gasteiger partial charge < -0.3 is 24.5 Å². The number of cyclic esters (lactones) is 1. The molecule has 0 radical (unpaired) electrons. The number of carboxylic acids is 2. The zero-order valence-electron chi connectivity index (χ0n) is 5.81. The number of ether oxygens (including phenoxy) is 1. The Labute approximate surface area is 66.7 Å². The van der Waals surface area contributed by atoms with Gasteiger partial charge in [0.25, 0.3) is 0 Å². The summed E-state index contributed by atoms with van der Waals surface area (Å²) in [5.74, 6) is -5.62. The first kappa shape index (κ1) is 8.51. The molecule has 0 unspecified atom stereocenters. The summed E-state index contributed by atoms with van der Waals surface area (Å²) in [6.45, 7) is 0. The fourth-order valence-corrected chi connectivity index (χ4v) is 0.978. The highest BCUT2D eigenvalue weighted by molar-refractivity contribution is 5.89. The lowest BCUT2D eigenvalue weighted by atomic mass is 10.0. The van der Waals surface area contributed by atoms with Crippen molar-refractivity contribution >= 4 is 17.9 Å². The van der Waals surface area contributed by atoms with Gasteiger partial charge in [-0.2, -0.15) is 0 Å². The zero-order valence-corrected chi connectivity index (χ0v) is 5.81. The summed E-state index contributed by atoms with van der Waals surface area (Å²) < 4.78 is 4.17. The van der Waals surface area contributed by atoms with Crippen LogP contribution in [0.25, 0.3) is 0 Å². The predicted octanol–water partition coefficient (Wildman–Crippen LogP) is -3.58. The molecule has 0 bridgehead atoms. The zero-order chi connectivity index (χ0) is 9.30. The van der Waals surface area contributed by atoms with E-state index in [4.69, 9.17) is 0 Å². The molecule has 0 spiro atoms. The maximum Gasteiger partial charge on any atom is 0.307 e. The van der Waals surface area contributed by atoms with Crippen LogP contribution in [-0.2, 0) is 19.1 Å². The number of carboxylic acid groups (broad SMARTS) is 2. The highest BCUT2D eigenvalue weighted by Gasteiger charge is 2.36. The van der Waals surface area contributed by atoms with Crippen molar-refractivity contribution in [2.75, 3.05) is 0 Å². The van der Waals surface area contributed by atoms with Gasteiger partial charge in [-0.05, 0) is 0 Å². The highest BCUT2D eigenvalue weighted by Crippen LogP contribution is 2.20. The lowest BCUT2D eigenvalue weighted by Crippen LogP contribution is -2.45. The predicted molar refractivity (Wildman–Crippen MR) is 28.0 cm³/mol. The van der Waals surface area contributed by atoms with Crippen LogP contribution in [0.4, 0.5) is 0 Å². The van der Waals surface area contributed by atoms with Crippen molar-refractivity contribution in [3.63, 3.8) is 0 Å². The SMILES string of the molecule is O=C1C[C@@H](C(=O)[O-])[C@H](C(=O)[O-])O1. The Hall–Kier alpha value is -1.59. The van der Waals surface area contributed by atoms with E-state index < -0.39 is 36.4 Å². The average molecular weight is 172 g/mol. The minimum Gasteiger partial charge on any atom is -0.550 e. The second-order valence-electron chi connectivity index (χ2n) is 2.36. The number of carbonyl (C=O) groups excluding carboxylic acids is 3. The van der Waals surface area contributed by atoms with Crippen molar-refractivity contribution in [2.24, 2.45) is 5.92 Å². The molecule has 0 amide bonds. The molecule has 1 saturated heterocycles. The molecule has 0 aromatic heterocycles. The number of aliphatic carboxylic acids is 2. The van der Waals surface area contributed by atoms with Gasteiger partial charge in [0.15, 0.2) is 0 Å². The van der Waals surface area contributed by atoms with Crippen molar-refractivity contribution in [1.82, 2.24) is 0 Å². The van der Waals surface area contributed by atoms with Gasteiger partial charge in [-0.15, -0.1) is 0 Å². The molecule has 2 atom stereocenters. The Balaban J connectivity index is 2.79. The van der Waals surface area contributed by atoms with Gasteiger partial charge in [0, 0.05) is 5.97 Å². The number of hydrogen-bond donors (Lipinski definition) is 0. The molecular weight excluding hydrogens is 168 g/mol. The first-order chi connectivity index (χ1) is 5.52. The van der Waals surface area contributed by atoms with Crippen LogP contribution in [0.1, 0.15) is 6.42 Å². The van der Waals surface area contributed by atoms with Crippen LogP contribution in [0, 0.1) is 5.92 Å². The Morgan fingerprint density at radius 2 is 1.92 bits per heavy atom. The summed E-state index contributed by atoms with van der Waals surface area (Å²) in [6.07, 6.45) is -2.18. The lowest BCUT2D eigenvalue weighted by Gasteiger charge is -2.18. The molecular formula is C6H4O6-2. The normalized spacial score (nSPS) is 28.2. The molecule has 12 heavy (non-hydrogen) atoms. The molecule has 1 aliphatic heterocycles. The molecule has 0 aliphatic carbocycles. The fourth-order valence-electron chi connectivity index (χ4n) is 0.978. The minimum absolute atomic E-state index is 0.471.